The lowest BCUT2D eigenvalue weighted by atomic mass is 10.4. The van der Waals surface area contributed by atoms with Crippen molar-refractivity contribution in [3.05, 3.63) is 16.1 Å². The summed E-state index contributed by atoms with van der Waals surface area (Å²) in [6.07, 6.45) is 5.04. The third-order valence-electron chi connectivity index (χ3n) is 3.57. The van der Waals surface area contributed by atoms with Crippen molar-refractivity contribution in [2.24, 2.45) is 4.99 Å². The molecule has 0 radical (unpaired) electrons. The Labute approximate surface area is 150 Å². The van der Waals surface area contributed by atoms with Crippen LogP contribution in [-0.4, -0.2) is 69.3 Å². The van der Waals surface area contributed by atoms with E-state index in [1.807, 2.05) is 6.20 Å². The molecular formula is C17H33N5OS. The fraction of sp³-hybridized carbons (Fsp3) is 0.765. The number of hydrogen-bond acceptors (Lipinski definition) is 5. The molecule has 0 aliphatic rings. The third-order valence-corrected chi connectivity index (χ3v) is 4.77. The van der Waals surface area contributed by atoms with Crippen molar-refractivity contribution in [3.63, 3.8) is 0 Å². The molecule has 6 nitrogen and oxygen atoms in total. The van der Waals surface area contributed by atoms with Crippen molar-refractivity contribution in [1.29, 1.82) is 0 Å². The van der Waals surface area contributed by atoms with Gasteiger partial charge < -0.3 is 20.3 Å². The van der Waals surface area contributed by atoms with Crippen LogP contribution in [0.15, 0.2) is 11.2 Å². The van der Waals surface area contributed by atoms with E-state index in [1.54, 1.807) is 18.4 Å². The Kier molecular flexibility index (Phi) is 11.4. The first-order valence-corrected chi connectivity index (χ1v) is 9.64. The number of hydrogen-bond donors (Lipinski definition) is 2. The number of methoxy groups -OCH3 is 1. The molecule has 138 valence electrons. The third kappa shape index (κ3) is 9.20. The van der Waals surface area contributed by atoms with E-state index in [9.17, 15) is 0 Å². The number of likely N-dealkylation sites (N-methyl/N-ethyl adjacent to an activating group) is 1. The Hall–Kier alpha value is -1.18. The molecule has 0 aliphatic heterocycles. The van der Waals surface area contributed by atoms with Gasteiger partial charge in [0.2, 0.25) is 0 Å². The zero-order valence-corrected chi connectivity index (χ0v) is 16.4. The lowest BCUT2D eigenvalue weighted by Crippen LogP contribution is -2.39. The highest BCUT2D eigenvalue weighted by molar-refractivity contribution is 7.11. The molecule has 0 saturated heterocycles. The van der Waals surface area contributed by atoms with Crippen LogP contribution in [0, 0.1) is 0 Å². The standard InChI is InChI=1S/C17H33N5OS/c1-5-15-14-21-16(24-15)8-9-19-17(18-6-2)20-10-12-22(3)11-7-13-23-4/h14H,5-13H2,1-4H3,(H2,18,19,20). The number of rotatable bonds is 12. The summed E-state index contributed by atoms with van der Waals surface area (Å²) in [6, 6.07) is 0. The number of ether oxygens (including phenoxy) is 1. The van der Waals surface area contributed by atoms with Crippen molar-refractivity contribution < 1.29 is 4.74 Å². The van der Waals surface area contributed by atoms with Crippen molar-refractivity contribution in [1.82, 2.24) is 20.5 Å². The molecule has 7 heteroatoms. The van der Waals surface area contributed by atoms with Gasteiger partial charge >= 0.3 is 0 Å². The Morgan fingerprint density at radius 3 is 2.83 bits per heavy atom. The summed E-state index contributed by atoms with van der Waals surface area (Å²) in [5.74, 6) is 0.884. The van der Waals surface area contributed by atoms with E-state index in [-0.39, 0.29) is 0 Å². The van der Waals surface area contributed by atoms with Gasteiger partial charge in [-0.3, -0.25) is 4.99 Å². The number of aryl methyl sites for hydroxylation is 1. The van der Waals surface area contributed by atoms with Crippen LogP contribution < -0.4 is 10.6 Å². The molecule has 1 heterocycles. The normalized spacial score (nSPS) is 12.0. The first-order chi connectivity index (χ1) is 11.7. The molecular weight excluding hydrogens is 322 g/mol. The second-order valence-electron chi connectivity index (χ2n) is 5.66. The number of nitrogens with zero attached hydrogens (tertiary/aromatic N) is 3. The van der Waals surface area contributed by atoms with Gasteiger partial charge in [0, 0.05) is 57.4 Å². The molecule has 0 unspecified atom stereocenters. The van der Waals surface area contributed by atoms with Gasteiger partial charge in [-0.15, -0.1) is 11.3 Å². The van der Waals surface area contributed by atoms with E-state index in [0.29, 0.717) is 0 Å². The van der Waals surface area contributed by atoms with Crippen LogP contribution in [0.1, 0.15) is 30.2 Å². The Bertz CT molecular complexity index is 464. The summed E-state index contributed by atoms with van der Waals surface area (Å²) in [5.41, 5.74) is 0. The highest BCUT2D eigenvalue weighted by Crippen LogP contribution is 2.13. The number of thiazole rings is 1. The largest absolute Gasteiger partial charge is 0.385 e. The predicted molar refractivity (Wildman–Crippen MR) is 103 cm³/mol. The monoisotopic (exact) mass is 355 g/mol. The van der Waals surface area contributed by atoms with Crippen molar-refractivity contribution in [3.8, 4) is 0 Å². The molecule has 0 spiro atoms. The quantitative estimate of drug-likeness (QED) is 0.340. The van der Waals surface area contributed by atoms with Crippen LogP contribution in [0.5, 0.6) is 0 Å². The van der Waals surface area contributed by atoms with Crippen LogP contribution in [0.2, 0.25) is 0 Å². The summed E-state index contributed by atoms with van der Waals surface area (Å²) in [5, 5.41) is 7.87. The summed E-state index contributed by atoms with van der Waals surface area (Å²) in [6.45, 7) is 9.56. The molecule has 0 atom stereocenters. The molecule has 1 aromatic heterocycles. The van der Waals surface area contributed by atoms with Crippen LogP contribution in [0.4, 0.5) is 0 Å². The predicted octanol–water partition coefficient (Wildman–Crippen LogP) is 1.77. The molecule has 2 N–H and O–H groups in total. The smallest absolute Gasteiger partial charge is 0.191 e. The summed E-state index contributed by atoms with van der Waals surface area (Å²) < 4.78 is 5.08. The highest BCUT2D eigenvalue weighted by atomic mass is 32.1. The molecule has 0 aromatic carbocycles. The molecule has 0 amide bonds. The maximum Gasteiger partial charge on any atom is 0.191 e. The minimum absolute atomic E-state index is 0.788. The highest BCUT2D eigenvalue weighted by Gasteiger charge is 2.02. The van der Waals surface area contributed by atoms with E-state index in [4.69, 9.17) is 4.74 Å². The van der Waals surface area contributed by atoms with Crippen molar-refractivity contribution in [2.45, 2.75) is 33.1 Å². The van der Waals surface area contributed by atoms with E-state index in [2.05, 4.69) is 46.4 Å². The van der Waals surface area contributed by atoms with Crippen molar-refractivity contribution >= 4 is 17.3 Å². The van der Waals surface area contributed by atoms with Gasteiger partial charge in [0.1, 0.15) is 0 Å². The Morgan fingerprint density at radius 1 is 1.33 bits per heavy atom. The summed E-state index contributed by atoms with van der Waals surface area (Å²) in [4.78, 5) is 12.7. The average molecular weight is 356 g/mol. The van der Waals surface area contributed by atoms with Gasteiger partial charge in [0.15, 0.2) is 5.96 Å². The van der Waals surface area contributed by atoms with E-state index >= 15 is 0 Å². The second kappa shape index (κ2) is 13.1. The van der Waals surface area contributed by atoms with E-state index in [0.717, 1.165) is 64.6 Å². The second-order valence-corrected chi connectivity index (χ2v) is 6.86. The number of guanidine groups is 1. The van der Waals surface area contributed by atoms with Gasteiger partial charge in [-0.2, -0.15) is 0 Å². The molecule has 1 aromatic rings. The molecule has 0 saturated carbocycles. The molecule has 0 fully saturated rings. The maximum absolute atomic E-state index is 5.08. The number of aliphatic imine (C=N–C) groups is 1. The van der Waals surface area contributed by atoms with Crippen molar-refractivity contribution in [2.75, 3.05) is 53.5 Å². The lowest BCUT2D eigenvalue weighted by molar-refractivity contribution is 0.180. The zero-order valence-electron chi connectivity index (χ0n) is 15.6. The van der Waals surface area contributed by atoms with E-state index < -0.39 is 0 Å². The van der Waals surface area contributed by atoms with Gasteiger partial charge in [0.05, 0.1) is 11.6 Å². The molecule has 24 heavy (non-hydrogen) atoms. The van der Waals surface area contributed by atoms with Gasteiger partial charge in [-0.25, -0.2) is 4.98 Å². The number of aromatic nitrogens is 1. The van der Waals surface area contributed by atoms with E-state index in [1.165, 1.54) is 9.88 Å². The molecule has 0 bridgehead atoms. The minimum Gasteiger partial charge on any atom is -0.385 e. The lowest BCUT2D eigenvalue weighted by Gasteiger charge is -2.16. The fourth-order valence-corrected chi connectivity index (χ4v) is 3.04. The SMILES string of the molecule is CCNC(=NCCN(C)CCCOC)NCCc1ncc(CC)s1. The van der Waals surface area contributed by atoms with Gasteiger partial charge in [0.25, 0.3) is 0 Å². The first kappa shape index (κ1) is 20.9. The topological polar surface area (TPSA) is 61.8 Å². The van der Waals surface area contributed by atoms with Gasteiger partial charge in [-0.1, -0.05) is 6.92 Å². The van der Waals surface area contributed by atoms with Crippen LogP contribution >= 0.6 is 11.3 Å². The van der Waals surface area contributed by atoms with Crippen LogP contribution in [0.3, 0.4) is 0 Å². The zero-order chi connectivity index (χ0) is 17.6. The molecule has 1 rings (SSSR count). The van der Waals surface area contributed by atoms with Crippen LogP contribution in [0.25, 0.3) is 0 Å². The summed E-state index contributed by atoms with van der Waals surface area (Å²) >= 11 is 1.80. The Morgan fingerprint density at radius 2 is 2.17 bits per heavy atom. The number of nitrogens with one attached hydrogen (secondary N) is 2. The summed E-state index contributed by atoms with van der Waals surface area (Å²) in [7, 11) is 3.87. The fourth-order valence-electron chi connectivity index (χ4n) is 2.18. The average Bonchev–Trinajstić information content (AvgIpc) is 3.03. The Balaban J connectivity index is 2.28. The minimum atomic E-state index is 0.788. The van der Waals surface area contributed by atoms with Gasteiger partial charge in [-0.05, 0) is 26.8 Å². The molecule has 0 aliphatic carbocycles. The van der Waals surface area contributed by atoms with Crippen LogP contribution in [-0.2, 0) is 17.6 Å². The maximum atomic E-state index is 5.08. The first-order valence-electron chi connectivity index (χ1n) is 8.82.